The van der Waals surface area contributed by atoms with Crippen LogP contribution in [0, 0.1) is 6.92 Å². The van der Waals surface area contributed by atoms with Gasteiger partial charge in [-0.15, -0.1) is 0 Å². The summed E-state index contributed by atoms with van der Waals surface area (Å²) in [4.78, 5) is 0. The van der Waals surface area contributed by atoms with Crippen molar-refractivity contribution in [3.05, 3.63) is 35.9 Å². The van der Waals surface area contributed by atoms with Gasteiger partial charge in [-0.05, 0) is 6.92 Å². The van der Waals surface area contributed by atoms with Gasteiger partial charge < -0.3 is 0 Å². The molecule has 0 aliphatic carbocycles. The van der Waals surface area contributed by atoms with Crippen molar-refractivity contribution >= 4 is 0 Å². The average Bonchev–Trinajstić information content (AvgIpc) is 1.69. The Morgan fingerprint density at radius 3 is 1.56 bits per heavy atom. The van der Waals surface area contributed by atoms with Gasteiger partial charge in [0.2, 0.25) is 0 Å². The second kappa shape index (κ2) is 6.38. The Morgan fingerprint density at radius 2 is 1.33 bits per heavy atom. The molecule has 0 aliphatic rings. The van der Waals surface area contributed by atoms with Gasteiger partial charge in [-0.3, -0.25) is 0 Å². The molecule has 0 bridgehead atoms. The zero-order valence-electron chi connectivity index (χ0n) is 5.09. The first kappa shape index (κ1) is 12.0. The van der Waals surface area contributed by atoms with E-state index < -0.39 is 0 Å². The Bertz CT molecular complexity index is 137. The first-order chi connectivity index (χ1) is 3.39. The van der Waals surface area contributed by atoms with Gasteiger partial charge >= 0.3 is 0 Å². The van der Waals surface area contributed by atoms with Crippen LogP contribution in [0.25, 0.3) is 0 Å². The van der Waals surface area contributed by atoms with Crippen LogP contribution in [0.15, 0.2) is 30.3 Å². The molecule has 1 rings (SSSR count). The first-order valence-electron chi connectivity index (χ1n) is 2.41. The van der Waals surface area contributed by atoms with Crippen molar-refractivity contribution in [1.82, 2.24) is 0 Å². The van der Waals surface area contributed by atoms with E-state index in [0.29, 0.717) is 0 Å². The van der Waals surface area contributed by atoms with E-state index in [-0.39, 0.29) is 34.1 Å². The van der Waals surface area contributed by atoms with Crippen molar-refractivity contribution in [3.63, 3.8) is 0 Å². The van der Waals surface area contributed by atoms with Crippen LogP contribution in [0.2, 0.25) is 0 Å². The Labute approximate surface area is 77.0 Å². The topological polar surface area (TPSA) is 0 Å². The molecule has 0 N–H and O–H groups in total. The summed E-state index contributed by atoms with van der Waals surface area (Å²) < 4.78 is 0. The van der Waals surface area contributed by atoms with E-state index in [0.717, 1.165) is 0 Å². The van der Waals surface area contributed by atoms with Crippen LogP contribution >= 0.6 is 0 Å². The smallest absolute Gasteiger partial charge is 0 e. The van der Waals surface area contributed by atoms with E-state index in [1.807, 2.05) is 18.2 Å². The van der Waals surface area contributed by atoms with Crippen LogP contribution in [0.3, 0.4) is 0 Å². The van der Waals surface area contributed by atoms with E-state index >= 15 is 0 Å². The number of rotatable bonds is 0. The molecule has 0 saturated heterocycles. The summed E-state index contributed by atoms with van der Waals surface area (Å²) in [5, 5.41) is 0. The predicted molar refractivity (Wildman–Crippen MR) is 31.2 cm³/mol. The number of benzene rings is 1. The van der Waals surface area contributed by atoms with Gasteiger partial charge in [-0.2, -0.15) is 0 Å². The molecule has 9 heavy (non-hydrogen) atoms. The van der Waals surface area contributed by atoms with Crippen LogP contribution in [-0.4, -0.2) is 0 Å². The molecule has 0 fully saturated rings. The van der Waals surface area contributed by atoms with Crippen LogP contribution in [0.1, 0.15) is 5.56 Å². The summed E-state index contributed by atoms with van der Waals surface area (Å²) in [7, 11) is 0. The molecule has 0 saturated carbocycles. The standard InChI is InChI=1S/C7H8.2Fe/c1-7-5-3-2-4-6-7;;/h2-6H,1H3;;. The van der Waals surface area contributed by atoms with E-state index in [1.165, 1.54) is 5.56 Å². The summed E-state index contributed by atoms with van der Waals surface area (Å²) >= 11 is 0. The second-order valence-corrected chi connectivity index (χ2v) is 1.65. The molecule has 0 aliphatic heterocycles. The minimum absolute atomic E-state index is 0. The molecule has 0 amide bonds. The SMILES string of the molecule is Cc1ccccc1.[Fe].[Fe]. The molecule has 0 spiro atoms. The number of hydrogen-bond donors (Lipinski definition) is 0. The summed E-state index contributed by atoms with van der Waals surface area (Å²) in [5.74, 6) is 0. The maximum Gasteiger partial charge on any atom is 0 e. The fourth-order valence-corrected chi connectivity index (χ4v) is 0.534. The van der Waals surface area contributed by atoms with Crippen LogP contribution in [0.5, 0.6) is 0 Å². The van der Waals surface area contributed by atoms with E-state index in [4.69, 9.17) is 0 Å². The molecular formula is C7H8Fe2. The number of hydrogen-bond acceptors (Lipinski definition) is 0. The predicted octanol–water partition coefficient (Wildman–Crippen LogP) is 1.99. The molecule has 0 unspecified atom stereocenters. The molecule has 0 nitrogen and oxygen atoms in total. The Hall–Kier alpha value is 0.259. The molecule has 1 aromatic carbocycles. The molecule has 0 atom stereocenters. The molecule has 1 aromatic rings. The normalized spacial score (nSPS) is 6.78. The number of aryl methyl sites for hydroxylation is 1. The third-order valence-corrected chi connectivity index (χ3v) is 0.940. The Kier molecular flexibility index (Phi) is 8.50. The van der Waals surface area contributed by atoms with Crippen molar-refractivity contribution in [2.75, 3.05) is 0 Å². The minimum atomic E-state index is 0. The van der Waals surface area contributed by atoms with Gasteiger partial charge in [0.15, 0.2) is 0 Å². The maximum absolute atomic E-state index is 2.08. The molecule has 0 radical (unpaired) electrons. The van der Waals surface area contributed by atoms with Crippen molar-refractivity contribution in [1.29, 1.82) is 0 Å². The van der Waals surface area contributed by atoms with E-state index in [1.54, 1.807) is 0 Å². The maximum atomic E-state index is 2.08. The van der Waals surface area contributed by atoms with E-state index in [9.17, 15) is 0 Å². The fourth-order valence-electron chi connectivity index (χ4n) is 0.534. The molecule has 52 valence electrons. The molecule has 2 heteroatoms. The van der Waals surface area contributed by atoms with Crippen LogP contribution in [-0.2, 0) is 34.1 Å². The summed E-state index contributed by atoms with van der Waals surface area (Å²) in [6.07, 6.45) is 0. The van der Waals surface area contributed by atoms with Gasteiger partial charge in [-0.25, -0.2) is 0 Å². The van der Waals surface area contributed by atoms with Gasteiger partial charge in [-0.1, -0.05) is 35.9 Å². The van der Waals surface area contributed by atoms with Crippen molar-refractivity contribution in [3.8, 4) is 0 Å². The first-order valence-corrected chi connectivity index (χ1v) is 2.41. The van der Waals surface area contributed by atoms with Gasteiger partial charge in [0.25, 0.3) is 0 Å². The molecule has 0 aromatic heterocycles. The van der Waals surface area contributed by atoms with Gasteiger partial charge in [0.1, 0.15) is 0 Å². The third-order valence-electron chi connectivity index (χ3n) is 0.940. The minimum Gasteiger partial charge on any atom is -0.0622 e. The Balaban J connectivity index is 0. The van der Waals surface area contributed by atoms with Crippen molar-refractivity contribution in [2.24, 2.45) is 0 Å². The quantitative estimate of drug-likeness (QED) is 0.566. The second-order valence-electron chi connectivity index (χ2n) is 1.65. The van der Waals surface area contributed by atoms with Gasteiger partial charge in [0, 0.05) is 34.1 Å². The average molecular weight is 204 g/mol. The summed E-state index contributed by atoms with van der Waals surface area (Å²) in [5.41, 5.74) is 1.32. The van der Waals surface area contributed by atoms with Gasteiger partial charge in [0.05, 0.1) is 0 Å². The largest absolute Gasteiger partial charge is 0.0622 e. The van der Waals surface area contributed by atoms with Crippen LogP contribution in [0.4, 0.5) is 0 Å². The van der Waals surface area contributed by atoms with Crippen LogP contribution < -0.4 is 0 Å². The zero-order chi connectivity index (χ0) is 5.11. The molecular weight excluding hydrogens is 196 g/mol. The molecule has 0 heterocycles. The Morgan fingerprint density at radius 1 is 0.889 bits per heavy atom. The van der Waals surface area contributed by atoms with Crippen molar-refractivity contribution in [2.45, 2.75) is 6.92 Å². The summed E-state index contributed by atoms with van der Waals surface area (Å²) in [6, 6.07) is 10.3. The third kappa shape index (κ3) is 4.74. The monoisotopic (exact) mass is 204 g/mol. The fraction of sp³-hybridized carbons (Fsp3) is 0.143. The zero-order valence-corrected chi connectivity index (χ0v) is 7.30. The summed E-state index contributed by atoms with van der Waals surface area (Å²) in [6.45, 7) is 2.08. The van der Waals surface area contributed by atoms with Crippen molar-refractivity contribution < 1.29 is 34.1 Å². The van der Waals surface area contributed by atoms with E-state index in [2.05, 4.69) is 19.1 Å².